The van der Waals surface area contributed by atoms with Gasteiger partial charge in [0.05, 0.1) is 17.7 Å². The third-order valence-corrected chi connectivity index (χ3v) is 8.00. The molecule has 0 bridgehead atoms. The normalized spacial score (nSPS) is 11.3. The summed E-state index contributed by atoms with van der Waals surface area (Å²) in [6.07, 6.45) is 0.194. The number of carbonyl (C=O) groups is 1. The number of aromatic nitrogens is 3. The standard InChI is InChI=1S/C23H25N5O5S2/c1-6-33-17-8-7-9-18(13-17)35(31,32)20-14-24-21(34-20)27-19-12-16(25-15(2)26-19)10-11-23(3,4)28(5)22(29)30/h7-9,12-14H,6H2,1-5H3,(H,29,30)(H,24,25,26,27). The van der Waals surface area contributed by atoms with Gasteiger partial charge in [-0.1, -0.05) is 23.3 Å². The highest BCUT2D eigenvalue weighted by Crippen LogP contribution is 2.31. The molecule has 1 aromatic carbocycles. The summed E-state index contributed by atoms with van der Waals surface area (Å²) in [5.74, 6) is 7.07. The van der Waals surface area contributed by atoms with Gasteiger partial charge in [-0.25, -0.2) is 28.2 Å². The zero-order chi connectivity index (χ0) is 25.8. The minimum atomic E-state index is -3.78. The molecule has 3 rings (SSSR count). The Labute approximate surface area is 207 Å². The number of amides is 1. The summed E-state index contributed by atoms with van der Waals surface area (Å²) in [5.41, 5.74) is -0.555. The minimum Gasteiger partial charge on any atom is -0.494 e. The third-order valence-electron chi connectivity index (χ3n) is 4.87. The van der Waals surface area contributed by atoms with Crippen LogP contribution in [0.3, 0.4) is 0 Å². The zero-order valence-electron chi connectivity index (χ0n) is 19.9. The van der Waals surface area contributed by atoms with Crippen molar-refractivity contribution in [3.8, 4) is 17.6 Å². The Morgan fingerprint density at radius 1 is 1.29 bits per heavy atom. The number of nitrogens with zero attached hydrogens (tertiary/aromatic N) is 4. The fraction of sp³-hybridized carbons (Fsp3) is 0.304. The van der Waals surface area contributed by atoms with Crippen LogP contribution in [-0.2, 0) is 9.84 Å². The minimum absolute atomic E-state index is 0.0675. The molecule has 0 atom stereocenters. The van der Waals surface area contributed by atoms with E-state index in [1.165, 1.54) is 25.4 Å². The highest BCUT2D eigenvalue weighted by molar-refractivity contribution is 7.93. The van der Waals surface area contributed by atoms with Crippen molar-refractivity contribution in [2.45, 2.75) is 42.3 Å². The van der Waals surface area contributed by atoms with Crippen LogP contribution in [0.4, 0.5) is 15.7 Å². The van der Waals surface area contributed by atoms with Crippen LogP contribution < -0.4 is 10.1 Å². The van der Waals surface area contributed by atoms with Gasteiger partial charge in [-0.2, -0.15) is 0 Å². The second-order valence-electron chi connectivity index (χ2n) is 7.86. The number of ether oxygens (including phenoxy) is 1. The smallest absolute Gasteiger partial charge is 0.408 e. The lowest BCUT2D eigenvalue weighted by Crippen LogP contribution is -2.43. The van der Waals surface area contributed by atoms with Crippen LogP contribution in [0.1, 0.15) is 32.3 Å². The fourth-order valence-corrected chi connectivity index (χ4v) is 5.27. The summed E-state index contributed by atoms with van der Waals surface area (Å²) in [6, 6.07) is 7.89. The van der Waals surface area contributed by atoms with E-state index in [1.54, 1.807) is 39.0 Å². The average Bonchev–Trinajstić information content (AvgIpc) is 3.26. The summed E-state index contributed by atoms with van der Waals surface area (Å²) in [6.45, 7) is 7.31. The predicted molar refractivity (Wildman–Crippen MR) is 132 cm³/mol. The van der Waals surface area contributed by atoms with E-state index >= 15 is 0 Å². The molecule has 184 valence electrons. The Hall–Kier alpha value is -3.69. The molecule has 0 saturated heterocycles. The van der Waals surface area contributed by atoms with Crippen molar-refractivity contribution in [3.05, 3.63) is 48.0 Å². The van der Waals surface area contributed by atoms with Gasteiger partial charge < -0.3 is 15.2 Å². The van der Waals surface area contributed by atoms with Crippen molar-refractivity contribution in [1.82, 2.24) is 19.9 Å². The number of anilines is 2. The largest absolute Gasteiger partial charge is 0.494 e. The first-order valence-corrected chi connectivity index (χ1v) is 12.8. The molecule has 0 aliphatic carbocycles. The summed E-state index contributed by atoms with van der Waals surface area (Å²) in [5, 5.41) is 12.5. The quantitative estimate of drug-likeness (QED) is 0.448. The molecular formula is C23H25N5O5S2. The number of sulfone groups is 1. The topological polar surface area (TPSA) is 135 Å². The van der Waals surface area contributed by atoms with Crippen molar-refractivity contribution >= 4 is 38.2 Å². The Morgan fingerprint density at radius 3 is 2.71 bits per heavy atom. The summed E-state index contributed by atoms with van der Waals surface area (Å²) < 4.78 is 31.6. The van der Waals surface area contributed by atoms with E-state index in [1.807, 2.05) is 6.92 Å². The molecule has 2 heterocycles. The molecule has 0 saturated carbocycles. The maximum Gasteiger partial charge on any atom is 0.408 e. The Kier molecular flexibility index (Phi) is 7.62. The molecule has 12 heteroatoms. The molecule has 1 amide bonds. The number of nitrogens with one attached hydrogen (secondary N) is 1. The number of hydrogen-bond acceptors (Lipinski definition) is 9. The van der Waals surface area contributed by atoms with Crippen LogP contribution in [0, 0.1) is 18.8 Å². The monoisotopic (exact) mass is 515 g/mol. The molecule has 3 aromatic rings. The Balaban J connectivity index is 1.84. The number of benzene rings is 1. The highest BCUT2D eigenvalue weighted by Gasteiger charge is 2.25. The van der Waals surface area contributed by atoms with Gasteiger partial charge in [0.1, 0.15) is 32.8 Å². The van der Waals surface area contributed by atoms with Crippen molar-refractivity contribution in [2.75, 3.05) is 19.0 Å². The van der Waals surface area contributed by atoms with Gasteiger partial charge >= 0.3 is 6.09 Å². The molecule has 0 aliphatic heterocycles. The van der Waals surface area contributed by atoms with Crippen LogP contribution in [0.25, 0.3) is 0 Å². The maximum atomic E-state index is 13.0. The van der Waals surface area contributed by atoms with E-state index in [-0.39, 0.29) is 9.10 Å². The lowest BCUT2D eigenvalue weighted by Gasteiger charge is -2.27. The zero-order valence-corrected chi connectivity index (χ0v) is 21.5. The van der Waals surface area contributed by atoms with Crippen LogP contribution in [-0.4, -0.2) is 58.7 Å². The lowest BCUT2D eigenvalue weighted by atomic mass is 10.1. The van der Waals surface area contributed by atoms with E-state index < -0.39 is 21.5 Å². The first-order chi connectivity index (χ1) is 16.4. The fourth-order valence-electron chi connectivity index (χ4n) is 2.80. The molecule has 2 aromatic heterocycles. The molecular weight excluding hydrogens is 490 g/mol. The Morgan fingerprint density at radius 2 is 2.03 bits per heavy atom. The summed E-state index contributed by atoms with van der Waals surface area (Å²) >= 11 is 0.966. The lowest BCUT2D eigenvalue weighted by molar-refractivity contribution is 0.130. The average molecular weight is 516 g/mol. The summed E-state index contributed by atoms with van der Waals surface area (Å²) in [4.78, 5) is 25.2. The second kappa shape index (κ2) is 10.3. The maximum absolute atomic E-state index is 13.0. The SMILES string of the molecule is CCOc1cccc(S(=O)(=O)c2cnc(Nc3cc(C#CC(C)(C)N(C)C(=O)O)nc(C)n3)s2)c1. The third kappa shape index (κ3) is 6.26. The van der Waals surface area contributed by atoms with E-state index in [9.17, 15) is 18.3 Å². The highest BCUT2D eigenvalue weighted by atomic mass is 32.2. The van der Waals surface area contributed by atoms with Gasteiger partial charge in [0.2, 0.25) is 9.84 Å². The van der Waals surface area contributed by atoms with Crippen LogP contribution >= 0.6 is 11.3 Å². The molecule has 0 spiro atoms. The van der Waals surface area contributed by atoms with Gasteiger partial charge in [-0.3, -0.25) is 4.90 Å². The van der Waals surface area contributed by atoms with Gasteiger partial charge in [0, 0.05) is 13.1 Å². The van der Waals surface area contributed by atoms with Crippen molar-refractivity contribution in [2.24, 2.45) is 0 Å². The van der Waals surface area contributed by atoms with Crippen LogP contribution in [0.5, 0.6) is 5.75 Å². The van der Waals surface area contributed by atoms with E-state index in [4.69, 9.17) is 4.74 Å². The first-order valence-electron chi connectivity index (χ1n) is 10.5. The van der Waals surface area contributed by atoms with Crippen molar-refractivity contribution in [1.29, 1.82) is 0 Å². The number of rotatable bonds is 7. The molecule has 0 aliphatic rings. The van der Waals surface area contributed by atoms with Gasteiger partial charge in [-0.15, -0.1) is 0 Å². The van der Waals surface area contributed by atoms with Crippen LogP contribution in [0.15, 0.2) is 45.6 Å². The molecule has 10 nitrogen and oxygen atoms in total. The molecule has 0 radical (unpaired) electrons. The molecule has 0 fully saturated rings. The first kappa shape index (κ1) is 25.9. The second-order valence-corrected chi connectivity index (χ2v) is 11.1. The molecule has 0 unspecified atom stereocenters. The Bertz CT molecular complexity index is 1410. The number of thiazole rings is 1. The predicted octanol–water partition coefficient (Wildman–Crippen LogP) is 3.96. The van der Waals surface area contributed by atoms with Crippen molar-refractivity contribution in [3.63, 3.8) is 0 Å². The molecule has 35 heavy (non-hydrogen) atoms. The molecule has 2 N–H and O–H groups in total. The van der Waals surface area contributed by atoms with E-state index in [2.05, 4.69) is 32.1 Å². The van der Waals surface area contributed by atoms with Gasteiger partial charge in [0.25, 0.3) is 0 Å². The number of carboxylic acid groups (broad SMARTS) is 1. The summed E-state index contributed by atoms with van der Waals surface area (Å²) in [7, 11) is -2.34. The van der Waals surface area contributed by atoms with Crippen molar-refractivity contribution < 1.29 is 23.1 Å². The van der Waals surface area contributed by atoms with Gasteiger partial charge in [0.15, 0.2) is 5.13 Å². The van der Waals surface area contributed by atoms with Gasteiger partial charge in [-0.05, 0) is 51.8 Å². The number of aryl methyl sites for hydroxylation is 1. The van der Waals surface area contributed by atoms with Crippen LogP contribution in [0.2, 0.25) is 0 Å². The van der Waals surface area contributed by atoms with E-state index in [0.29, 0.717) is 34.8 Å². The number of hydrogen-bond donors (Lipinski definition) is 2. The van der Waals surface area contributed by atoms with E-state index in [0.717, 1.165) is 16.2 Å².